The first-order chi connectivity index (χ1) is 12.2. The Morgan fingerprint density at radius 2 is 2.08 bits per heavy atom. The van der Waals surface area contributed by atoms with Gasteiger partial charge in [-0.3, -0.25) is 0 Å². The van der Waals surface area contributed by atoms with Crippen LogP contribution in [0.15, 0.2) is 9.52 Å². The van der Waals surface area contributed by atoms with Crippen LogP contribution in [0.4, 0.5) is 0 Å². The number of aliphatic imine (C=N–C) groups is 1. The lowest BCUT2D eigenvalue weighted by Gasteiger charge is -2.17. The first-order valence-corrected chi connectivity index (χ1v) is 9.92. The molecule has 25 heavy (non-hydrogen) atoms. The van der Waals surface area contributed by atoms with Crippen molar-refractivity contribution in [1.29, 1.82) is 0 Å². The molecule has 0 spiro atoms. The van der Waals surface area contributed by atoms with Crippen LogP contribution in [0.2, 0.25) is 0 Å². The second kappa shape index (κ2) is 10.4. The molecular formula is C19H35N5O. The molecule has 0 radical (unpaired) electrons. The lowest BCUT2D eigenvalue weighted by Crippen LogP contribution is -2.40. The Bertz CT molecular complexity index is 518. The molecule has 1 aliphatic rings. The van der Waals surface area contributed by atoms with Gasteiger partial charge in [-0.15, -0.1) is 0 Å². The van der Waals surface area contributed by atoms with Crippen LogP contribution in [-0.2, 0) is 19.4 Å². The number of nitrogens with zero attached hydrogens (tertiary/aromatic N) is 3. The van der Waals surface area contributed by atoms with Gasteiger partial charge >= 0.3 is 0 Å². The first kappa shape index (κ1) is 19.8. The highest BCUT2D eigenvalue weighted by Crippen LogP contribution is 2.17. The van der Waals surface area contributed by atoms with Crippen LogP contribution in [0.3, 0.4) is 0 Å². The van der Waals surface area contributed by atoms with Gasteiger partial charge in [0.15, 0.2) is 5.96 Å². The number of guanidine groups is 1. The van der Waals surface area contributed by atoms with Gasteiger partial charge in [0, 0.05) is 31.6 Å². The number of hydrogen-bond donors (Lipinski definition) is 2. The summed E-state index contributed by atoms with van der Waals surface area (Å²) in [4.78, 5) is 7.33. The van der Waals surface area contributed by atoms with Crippen molar-refractivity contribution in [3.05, 3.63) is 17.0 Å². The molecule has 0 aromatic carbocycles. The summed E-state index contributed by atoms with van der Waals surface area (Å²) in [6, 6.07) is 0. The highest BCUT2D eigenvalue weighted by Gasteiger charge is 2.21. The van der Waals surface area contributed by atoms with E-state index in [0.29, 0.717) is 12.5 Å². The average Bonchev–Trinajstić information content (AvgIpc) is 3.23. The van der Waals surface area contributed by atoms with Crippen molar-refractivity contribution in [2.24, 2.45) is 10.9 Å². The van der Waals surface area contributed by atoms with E-state index in [2.05, 4.69) is 48.4 Å². The van der Waals surface area contributed by atoms with E-state index in [9.17, 15) is 0 Å². The van der Waals surface area contributed by atoms with Gasteiger partial charge in [-0.1, -0.05) is 25.9 Å². The molecule has 0 bridgehead atoms. The fraction of sp³-hybridized carbons (Fsp3) is 0.789. The van der Waals surface area contributed by atoms with Gasteiger partial charge in [-0.05, 0) is 45.2 Å². The minimum absolute atomic E-state index is 0.623. The SMILES string of the molecule is CCCN1CCC(CNC(=NCc2c(CC)noc2CC)NCC)C1. The highest BCUT2D eigenvalue weighted by atomic mass is 16.5. The summed E-state index contributed by atoms with van der Waals surface area (Å²) in [5, 5.41) is 11.1. The van der Waals surface area contributed by atoms with Crippen LogP contribution in [0.1, 0.15) is 57.6 Å². The fourth-order valence-electron chi connectivity index (χ4n) is 3.46. The number of likely N-dealkylation sites (tertiary alicyclic amines) is 1. The van der Waals surface area contributed by atoms with Crippen molar-refractivity contribution < 1.29 is 4.52 Å². The molecule has 0 amide bonds. The van der Waals surface area contributed by atoms with E-state index < -0.39 is 0 Å². The number of aryl methyl sites for hydroxylation is 2. The highest BCUT2D eigenvalue weighted by molar-refractivity contribution is 5.79. The van der Waals surface area contributed by atoms with Crippen LogP contribution in [0.25, 0.3) is 0 Å². The zero-order valence-electron chi connectivity index (χ0n) is 16.4. The predicted octanol–water partition coefficient (Wildman–Crippen LogP) is 2.59. The molecule has 2 N–H and O–H groups in total. The Morgan fingerprint density at radius 1 is 1.24 bits per heavy atom. The Labute approximate surface area is 152 Å². The van der Waals surface area contributed by atoms with Gasteiger partial charge < -0.3 is 20.1 Å². The molecule has 2 heterocycles. The third-order valence-corrected chi connectivity index (χ3v) is 4.81. The van der Waals surface area contributed by atoms with Crippen molar-refractivity contribution in [2.45, 2.75) is 59.9 Å². The van der Waals surface area contributed by atoms with Crippen LogP contribution in [-0.4, -0.2) is 48.7 Å². The summed E-state index contributed by atoms with van der Waals surface area (Å²) in [6.45, 7) is 14.7. The summed E-state index contributed by atoms with van der Waals surface area (Å²) in [5.74, 6) is 2.56. The van der Waals surface area contributed by atoms with Crippen LogP contribution in [0, 0.1) is 5.92 Å². The summed E-state index contributed by atoms with van der Waals surface area (Å²) < 4.78 is 5.44. The van der Waals surface area contributed by atoms with E-state index in [1.165, 1.54) is 32.5 Å². The standard InChI is InChI=1S/C19H35N5O/c1-5-10-24-11-9-15(14-24)12-21-19(20-8-4)22-13-16-17(6-2)23-25-18(16)7-3/h15H,5-14H2,1-4H3,(H2,20,21,22). The largest absolute Gasteiger partial charge is 0.361 e. The van der Waals surface area contributed by atoms with E-state index in [1.807, 2.05) is 0 Å². The summed E-state index contributed by atoms with van der Waals surface area (Å²) in [5.41, 5.74) is 2.18. The molecule has 1 atom stereocenters. The van der Waals surface area contributed by atoms with Gasteiger partial charge in [0.1, 0.15) is 5.76 Å². The quantitative estimate of drug-likeness (QED) is 0.530. The lowest BCUT2D eigenvalue weighted by molar-refractivity contribution is 0.324. The van der Waals surface area contributed by atoms with Crippen molar-refractivity contribution >= 4 is 5.96 Å². The van der Waals surface area contributed by atoms with Gasteiger partial charge in [0.05, 0.1) is 12.2 Å². The molecule has 1 aliphatic heterocycles. The maximum atomic E-state index is 5.44. The zero-order valence-corrected chi connectivity index (χ0v) is 16.4. The van der Waals surface area contributed by atoms with Crippen molar-refractivity contribution in [1.82, 2.24) is 20.7 Å². The van der Waals surface area contributed by atoms with Crippen molar-refractivity contribution in [3.8, 4) is 0 Å². The number of rotatable bonds is 9. The molecule has 6 nitrogen and oxygen atoms in total. The fourth-order valence-corrected chi connectivity index (χ4v) is 3.46. The molecule has 0 saturated carbocycles. The van der Waals surface area contributed by atoms with E-state index in [1.54, 1.807) is 0 Å². The Balaban J connectivity index is 1.91. The van der Waals surface area contributed by atoms with Crippen molar-refractivity contribution in [2.75, 3.05) is 32.7 Å². The zero-order chi connectivity index (χ0) is 18.1. The summed E-state index contributed by atoms with van der Waals surface area (Å²) >= 11 is 0. The Kier molecular flexibility index (Phi) is 8.25. The Morgan fingerprint density at radius 3 is 2.76 bits per heavy atom. The third kappa shape index (κ3) is 5.73. The second-order valence-electron chi connectivity index (χ2n) is 6.77. The molecule has 1 fully saturated rings. The van der Waals surface area contributed by atoms with Gasteiger partial charge in [0.25, 0.3) is 0 Å². The minimum Gasteiger partial charge on any atom is -0.361 e. The Hall–Kier alpha value is -1.56. The molecule has 0 aliphatic carbocycles. The topological polar surface area (TPSA) is 65.7 Å². The van der Waals surface area contributed by atoms with Gasteiger partial charge in [0.2, 0.25) is 0 Å². The summed E-state index contributed by atoms with van der Waals surface area (Å²) in [6.07, 6.45) is 4.26. The van der Waals surface area contributed by atoms with E-state index in [0.717, 1.165) is 48.9 Å². The van der Waals surface area contributed by atoms with E-state index in [-0.39, 0.29) is 0 Å². The molecule has 2 rings (SSSR count). The smallest absolute Gasteiger partial charge is 0.191 e. The molecule has 1 saturated heterocycles. The maximum absolute atomic E-state index is 5.44. The molecule has 1 aromatic rings. The number of hydrogen-bond acceptors (Lipinski definition) is 4. The predicted molar refractivity (Wildman–Crippen MR) is 103 cm³/mol. The normalized spacial score (nSPS) is 18.7. The molecular weight excluding hydrogens is 314 g/mol. The number of aromatic nitrogens is 1. The summed E-state index contributed by atoms with van der Waals surface area (Å²) in [7, 11) is 0. The number of nitrogens with one attached hydrogen (secondary N) is 2. The third-order valence-electron chi connectivity index (χ3n) is 4.81. The maximum Gasteiger partial charge on any atom is 0.191 e. The monoisotopic (exact) mass is 349 g/mol. The van der Waals surface area contributed by atoms with Gasteiger partial charge in [-0.2, -0.15) is 0 Å². The van der Waals surface area contributed by atoms with Gasteiger partial charge in [-0.25, -0.2) is 4.99 Å². The molecule has 1 unspecified atom stereocenters. The van der Waals surface area contributed by atoms with Crippen molar-refractivity contribution in [3.63, 3.8) is 0 Å². The van der Waals surface area contributed by atoms with Crippen LogP contribution < -0.4 is 10.6 Å². The molecule has 6 heteroatoms. The minimum atomic E-state index is 0.623. The second-order valence-corrected chi connectivity index (χ2v) is 6.77. The molecule has 142 valence electrons. The molecule has 1 aromatic heterocycles. The average molecular weight is 350 g/mol. The first-order valence-electron chi connectivity index (χ1n) is 9.92. The van der Waals surface area contributed by atoms with Crippen LogP contribution >= 0.6 is 0 Å². The van der Waals surface area contributed by atoms with E-state index >= 15 is 0 Å². The van der Waals surface area contributed by atoms with E-state index in [4.69, 9.17) is 9.52 Å². The van der Waals surface area contributed by atoms with Crippen LogP contribution in [0.5, 0.6) is 0 Å². The lowest BCUT2D eigenvalue weighted by atomic mass is 10.1.